The maximum absolute atomic E-state index is 13.9. The van der Waals surface area contributed by atoms with Gasteiger partial charge in [0.2, 0.25) is 0 Å². The number of nitrogens with zero attached hydrogens (tertiary/aromatic N) is 1. The Kier molecular flexibility index (Phi) is 4.59. The molecule has 0 aliphatic carbocycles. The molecule has 0 aromatic heterocycles. The highest BCUT2D eigenvalue weighted by Gasteiger charge is 2.30. The first-order valence-corrected chi connectivity index (χ1v) is 9.43. The van der Waals surface area contributed by atoms with Crippen molar-refractivity contribution in [1.29, 1.82) is 0 Å². The van der Waals surface area contributed by atoms with Crippen molar-refractivity contribution in [2.24, 2.45) is 0 Å². The van der Waals surface area contributed by atoms with Crippen LogP contribution in [0.4, 0.5) is 5.69 Å². The van der Waals surface area contributed by atoms with Crippen LogP contribution in [0.25, 0.3) is 0 Å². The zero-order valence-electron chi connectivity index (χ0n) is 12.9. The van der Waals surface area contributed by atoms with E-state index >= 15 is 0 Å². The van der Waals surface area contributed by atoms with Crippen LogP contribution in [0.1, 0.15) is 5.56 Å². The maximum Gasteiger partial charge on any atom is 0.273 e. The Balaban J connectivity index is 2.15. The van der Waals surface area contributed by atoms with Crippen molar-refractivity contribution in [2.75, 3.05) is 0 Å². The highest BCUT2D eigenvalue weighted by atomic mass is 31.2. The lowest BCUT2D eigenvalue weighted by atomic mass is 10.2. The summed E-state index contributed by atoms with van der Waals surface area (Å²) < 4.78 is 13.9. The van der Waals surface area contributed by atoms with Crippen molar-refractivity contribution < 1.29 is 9.49 Å². The van der Waals surface area contributed by atoms with E-state index in [4.69, 9.17) is 0 Å². The number of para-hydroxylation sites is 1. The minimum atomic E-state index is -3.02. The standard InChI is InChI=1S/C19H16NO3P/c21-20(22)19-14-8-7-9-16(19)15-24(23,17-10-3-1-4-11-17)18-12-5-2-6-13-18/h1-14H,15H2. The lowest BCUT2D eigenvalue weighted by molar-refractivity contribution is -0.385. The molecule has 0 saturated carbocycles. The first-order chi connectivity index (χ1) is 11.6. The van der Waals surface area contributed by atoms with Crippen molar-refractivity contribution in [1.82, 2.24) is 0 Å². The van der Waals surface area contributed by atoms with Gasteiger partial charge in [0.25, 0.3) is 5.69 Å². The maximum atomic E-state index is 13.9. The van der Waals surface area contributed by atoms with Gasteiger partial charge in [-0.3, -0.25) is 10.1 Å². The van der Waals surface area contributed by atoms with Crippen LogP contribution in [0.3, 0.4) is 0 Å². The molecule has 0 amide bonds. The van der Waals surface area contributed by atoms with Gasteiger partial charge in [-0.1, -0.05) is 78.9 Å². The quantitative estimate of drug-likeness (QED) is 0.400. The second-order valence-electron chi connectivity index (χ2n) is 5.45. The SMILES string of the molecule is O=[N+]([O-])c1ccccc1CP(=O)(c1ccccc1)c1ccccc1. The third kappa shape index (κ3) is 3.15. The molecule has 24 heavy (non-hydrogen) atoms. The van der Waals surface area contributed by atoms with Gasteiger partial charge in [-0.25, -0.2) is 0 Å². The molecule has 0 fully saturated rings. The first kappa shape index (κ1) is 16.2. The molecule has 0 atom stereocenters. The van der Waals surface area contributed by atoms with Crippen LogP contribution >= 0.6 is 7.14 Å². The second-order valence-corrected chi connectivity index (χ2v) is 8.28. The smallest absolute Gasteiger partial charge is 0.273 e. The van der Waals surface area contributed by atoms with E-state index in [2.05, 4.69) is 0 Å². The highest BCUT2D eigenvalue weighted by molar-refractivity contribution is 7.78. The Morgan fingerprint density at radius 1 is 0.750 bits per heavy atom. The summed E-state index contributed by atoms with van der Waals surface area (Å²) in [5, 5.41) is 12.7. The van der Waals surface area contributed by atoms with Gasteiger partial charge in [0.05, 0.1) is 4.92 Å². The molecular formula is C19H16NO3P. The largest absolute Gasteiger partial charge is 0.313 e. The Morgan fingerprint density at radius 2 is 1.21 bits per heavy atom. The van der Waals surface area contributed by atoms with Crippen molar-refractivity contribution >= 4 is 23.4 Å². The lowest BCUT2D eigenvalue weighted by Gasteiger charge is -2.19. The van der Waals surface area contributed by atoms with E-state index in [9.17, 15) is 14.7 Å². The summed E-state index contributed by atoms with van der Waals surface area (Å²) in [6.45, 7) is 0. The van der Waals surface area contributed by atoms with Crippen LogP contribution in [0.5, 0.6) is 0 Å². The van der Waals surface area contributed by atoms with Crippen molar-refractivity contribution in [3.63, 3.8) is 0 Å². The molecular weight excluding hydrogens is 321 g/mol. The molecule has 3 aromatic rings. The normalized spacial score (nSPS) is 11.2. The Bertz CT molecular complexity index is 851. The van der Waals surface area contributed by atoms with E-state index < -0.39 is 12.1 Å². The monoisotopic (exact) mass is 337 g/mol. The average Bonchev–Trinajstić information content (AvgIpc) is 2.63. The van der Waals surface area contributed by atoms with E-state index in [0.29, 0.717) is 16.2 Å². The van der Waals surface area contributed by atoms with Gasteiger partial charge in [0.15, 0.2) is 0 Å². The van der Waals surface area contributed by atoms with Crippen LogP contribution in [0, 0.1) is 10.1 Å². The Morgan fingerprint density at radius 3 is 1.71 bits per heavy atom. The Labute approximate surface area is 140 Å². The van der Waals surface area contributed by atoms with E-state index in [1.54, 1.807) is 18.2 Å². The number of nitro benzene ring substituents is 1. The molecule has 0 spiro atoms. The number of rotatable bonds is 5. The Hall–Kier alpha value is -2.71. The summed E-state index contributed by atoms with van der Waals surface area (Å²) in [6.07, 6.45) is 0.123. The van der Waals surface area contributed by atoms with Gasteiger partial charge in [-0.15, -0.1) is 0 Å². The molecule has 3 aromatic carbocycles. The fourth-order valence-electron chi connectivity index (χ4n) is 2.73. The van der Waals surface area contributed by atoms with E-state index in [1.165, 1.54) is 6.07 Å². The molecule has 4 nitrogen and oxygen atoms in total. The highest BCUT2D eigenvalue weighted by Crippen LogP contribution is 2.48. The van der Waals surface area contributed by atoms with E-state index in [1.807, 2.05) is 60.7 Å². The lowest BCUT2D eigenvalue weighted by Crippen LogP contribution is -2.17. The number of benzene rings is 3. The topological polar surface area (TPSA) is 60.2 Å². The average molecular weight is 337 g/mol. The van der Waals surface area contributed by atoms with E-state index in [-0.39, 0.29) is 11.8 Å². The summed E-state index contributed by atoms with van der Waals surface area (Å²) in [5.41, 5.74) is 0.489. The van der Waals surface area contributed by atoms with E-state index in [0.717, 1.165) is 0 Å². The van der Waals surface area contributed by atoms with Crippen LogP contribution in [-0.4, -0.2) is 4.92 Å². The molecule has 0 unspecified atom stereocenters. The van der Waals surface area contributed by atoms with Gasteiger partial charge in [0.1, 0.15) is 7.14 Å². The third-order valence-electron chi connectivity index (χ3n) is 3.93. The van der Waals surface area contributed by atoms with Crippen LogP contribution in [-0.2, 0) is 10.7 Å². The van der Waals surface area contributed by atoms with Gasteiger partial charge in [0, 0.05) is 28.4 Å². The molecule has 0 radical (unpaired) electrons. The van der Waals surface area contributed by atoms with Crippen molar-refractivity contribution in [2.45, 2.75) is 6.16 Å². The molecule has 0 N–H and O–H groups in total. The summed E-state index contributed by atoms with van der Waals surface area (Å²) in [4.78, 5) is 10.9. The van der Waals surface area contributed by atoms with Gasteiger partial charge >= 0.3 is 0 Å². The zero-order valence-corrected chi connectivity index (χ0v) is 13.8. The molecule has 120 valence electrons. The predicted octanol–water partition coefficient (Wildman–Crippen LogP) is 4.11. The predicted molar refractivity (Wildman–Crippen MR) is 96.6 cm³/mol. The summed E-state index contributed by atoms with van der Waals surface area (Å²) >= 11 is 0. The van der Waals surface area contributed by atoms with Gasteiger partial charge in [-0.05, 0) is 0 Å². The molecule has 0 heterocycles. The number of hydrogen-bond acceptors (Lipinski definition) is 3. The molecule has 0 saturated heterocycles. The third-order valence-corrected chi connectivity index (χ3v) is 6.98. The number of hydrogen-bond donors (Lipinski definition) is 0. The zero-order chi connectivity index (χ0) is 17.0. The van der Waals surface area contributed by atoms with Crippen LogP contribution in [0.15, 0.2) is 84.9 Å². The molecule has 0 aliphatic rings. The minimum absolute atomic E-state index is 0.00425. The molecule has 0 aliphatic heterocycles. The molecule has 3 rings (SSSR count). The van der Waals surface area contributed by atoms with Crippen LogP contribution < -0.4 is 10.6 Å². The second kappa shape index (κ2) is 6.81. The fourth-order valence-corrected chi connectivity index (χ4v) is 5.45. The summed E-state index contributed by atoms with van der Waals surface area (Å²) in [7, 11) is -3.02. The molecule has 5 heteroatoms. The molecule has 0 bridgehead atoms. The summed E-state index contributed by atoms with van der Waals surface area (Å²) in [6, 6.07) is 24.9. The first-order valence-electron chi connectivity index (χ1n) is 7.54. The van der Waals surface area contributed by atoms with Crippen molar-refractivity contribution in [3.8, 4) is 0 Å². The fraction of sp³-hybridized carbons (Fsp3) is 0.0526. The number of nitro groups is 1. The van der Waals surface area contributed by atoms with Gasteiger partial charge in [-0.2, -0.15) is 0 Å². The van der Waals surface area contributed by atoms with Gasteiger partial charge < -0.3 is 4.57 Å². The minimum Gasteiger partial charge on any atom is -0.313 e. The van der Waals surface area contributed by atoms with Crippen molar-refractivity contribution in [3.05, 3.63) is 101 Å². The summed E-state index contributed by atoms with van der Waals surface area (Å²) in [5.74, 6) is 0. The van der Waals surface area contributed by atoms with Crippen LogP contribution in [0.2, 0.25) is 0 Å².